The van der Waals surface area contributed by atoms with E-state index in [1.165, 1.54) is 14.2 Å². The summed E-state index contributed by atoms with van der Waals surface area (Å²) in [5.41, 5.74) is 6.41. The zero-order valence-corrected chi connectivity index (χ0v) is 34.2. The summed E-state index contributed by atoms with van der Waals surface area (Å²) in [4.78, 5) is 71.1. The minimum Gasteiger partial charge on any atom is -0.453 e. The van der Waals surface area contributed by atoms with Crippen molar-refractivity contribution in [2.75, 3.05) is 27.8 Å². The van der Waals surface area contributed by atoms with Crippen molar-refractivity contribution >= 4 is 24.0 Å². The fourth-order valence-electron chi connectivity index (χ4n) is 7.24. The zero-order chi connectivity index (χ0) is 42.9. The molecule has 14 nitrogen and oxygen atoms in total. The van der Waals surface area contributed by atoms with E-state index >= 15 is 0 Å². The van der Waals surface area contributed by atoms with Crippen LogP contribution in [-0.2, 0) is 19.1 Å². The van der Waals surface area contributed by atoms with Gasteiger partial charge < -0.3 is 39.9 Å². The first-order valence-corrected chi connectivity index (χ1v) is 19.8. The van der Waals surface area contributed by atoms with Crippen LogP contribution in [0.25, 0.3) is 22.5 Å². The molecule has 6 aromatic rings. The van der Waals surface area contributed by atoms with Crippen LogP contribution in [0.15, 0.2) is 122 Å². The molecule has 4 aromatic carbocycles. The SMILES string of the molecule is COC(=O)NC(C(=O)N(C)C(C)c1ncc(-c2ccc(C#Cc3ccc(-c4cnc(C5CCCN5C(=O)C(NC(=O)OC)c5ccccc5)[nH]4)cc3)cc2)[nH]1)c1ccccc1. The maximum absolute atomic E-state index is 13.9. The number of aromatic amines is 2. The first-order chi connectivity index (χ1) is 29.6. The molecule has 3 heterocycles. The van der Waals surface area contributed by atoms with Gasteiger partial charge in [-0.15, -0.1) is 0 Å². The number of amides is 4. The van der Waals surface area contributed by atoms with Crippen LogP contribution in [0.2, 0.25) is 0 Å². The topological polar surface area (TPSA) is 175 Å². The second-order valence-electron chi connectivity index (χ2n) is 14.5. The third-order valence-corrected chi connectivity index (χ3v) is 10.8. The molecule has 14 heteroatoms. The standard InChI is InChI=1S/C47H46N8O6/c1-30(54(2)44(56)40(52-46(58)60-3)35-12-7-5-8-13-35)42-48-28-37(50-42)33-23-19-31(20-24-33)17-18-32-21-25-34(26-22-32)38-29-49-43(51-38)39-16-11-27-55(39)45(57)41(53-47(59)61-4)36-14-9-6-10-15-36/h5-10,12-15,19-26,28-30,39-41H,11,16,27H2,1-4H3,(H,48,50)(H,49,51)(H,52,58)(H,53,59). The molecular formula is C47H46N8O6. The van der Waals surface area contributed by atoms with Crippen molar-refractivity contribution in [3.8, 4) is 34.4 Å². The number of rotatable bonds is 11. The van der Waals surface area contributed by atoms with Crippen LogP contribution in [0, 0.1) is 11.8 Å². The van der Waals surface area contributed by atoms with Crippen molar-refractivity contribution in [3.63, 3.8) is 0 Å². The van der Waals surface area contributed by atoms with Crippen molar-refractivity contribution in [2.24, 2.45) is 0 Å². The van der Waals surface area contributed by atoms with Gasteiger partial charge in [0.15, 0.2) is 0 Å². The molecule has 1 saturated heterocycles. The lowest BCUT2D eigenvalue weighted by Crippen LogP contribution is -2.42. The number of aromatic nitrogens is 4. The number of alkyl carbamates (subject to hydrolysis) is 2. The summed E-state index contributed by atoms with van der Waals surface area (Å²) in [5, 5.41) is 5.34. The molecule has 7 rings (SSSR count). The third kappa shape index (κ3) is 9.63. The number of H-pyrrole nitrogens is 2. The first-order valence-electron chi connectivity index (χ1n) is 19.8. The number of carbonyl (C=O) groups excluding carboxylic acids is 4. The van der Waals surface area contributed by atoms with Crippen LogP contribution >= 0.6 is 0 Å². The molecule has 4 atom stereocenters. The molecule has 4 amide bonds. The molecule has 0 spiro atoms. The van der Waals surface area contributed by atoms with E-state index in [1.54, 1.807) is 53.5 Å². The van der Waals surface area contributed by atoms with Gasteiger partial charge in [-0.25, -0.2) is 19.6 Å². The summed E-state index contributed by atoms with van der Waals surface area (Å²) in [6, 6.07) is 31.3. The summed E-state index contributed by atoms with van der Waals surface area (Å²) in [7, 11) is 4.20. The van der Waals surface area contributed by atoms with E-state index < -0.39 is 30.3 Å². The maximum atomic E-state index is 13.9. The lowest BCUT2D eigenvalue weighted by atomic mass is 10.1. The Balaban J connectivity index is 0.975. The van der Waals surface area contributed by atoms with Gasteiger partial charge >= 0.3 is 12.2 Å². The average molecular weight is 819 g/mol. The molecule has 1 aliphatic rings. The van der Waals surface area contributed by atoms with Crippen molar-refractivity contribution < 1.29 is 28.7 Å². The third-order valence-electron chi connectivity index (χ3n) is 10.8. The molecule has 0 radical (unpaired) electrons. The van der Waals surface area contributed by atoms with Crippen LogP contribution in [-0.4, -0.2) is 81.5 Å². The Labute approximate surface area is 353 Å². The normalized spacial score (nSPS) is 14.8. The highest BCUT2D eigenvalue weighted by molar-refractivity contribution is 5.88. The monoisotopic (exact) mass is 818 g/mol. The van der Waals surface area contributed by atoms with Crippen LogP contribution in [0.1, 0.15) is 77.8 Å². The quantitative estimate of drug-likeness (QED) is 0.0990. The minimum atomic E-state index is -0.931. The molecule has 0 bridgehead atoms. The molecule has 4 N–H and O–H groups in total. The van der Waals surface area contributed by atoms with Crippen LogP contribution in [0.5, 0.6) is 0 Å². The van der Waals surface area contributed by atoms with E-state index in [1.807, 2.05) is 91.9 Å². The predicted molar refractivity (Wildman–Crippen MR) is 228 cm³/mol. The summed E-state index contributed by atoms with van der Waals surface area (Å²) in [5.74, 6) is 7.20. The van der Waals surface area contributed by atoms with Gasteiger partial charge in [-0.1, -0.05) is 96.8 Å². The van der Waals surface area contributed by atoms with Crippen molar-refractivity contribution in [1.82, 2.24) is 40.4 Å². The smallest absolute Gasteiger partial charge is 0.407 e. The minimum absolute atomic E-state index is 0.223. The number of hydrogen-bond acceptors (Lipinski definition) is 8. The Hall–Kier alpha value is -7.66. The second-order valence-corrected chi connectivity index (χ2v) is 14.5. The van der Waals surface area contributed by atoms with Gasteiger partial charge in [0, 0.05) is 24.7 Å². The van der Waals surface area contributed by atoms with Gasteiger partial charge in [0.05, 0.1) is 50.1 Å². The van der Waals surface area contributed by atoms with Gasteiger partial charge in [0.2, 0.25) is 5.91 Å². The molecule has 1 fully saturated rings. The average Bonchev–Trinajstić information content (AvgIpc) is 4.12. The lowest BCUT2D eigenvalue weighted by Gasteiger charge is -2.28. The van der Waals surface area contributed by atoms with Gasteiger partial charge in [-0.05, 0) is 66.3 Å². The Morgan fingerprint density at radius 1 is 0.721 bits per heavy atom. The van der Waals surface area contributed by atoms with E-state index in [2.05, 4.69) is 42.4 Å². The fraction of sp³-hybridized carbons (Fsp3) is 0.234. The molecule has 1 aliphatic heterocycles. The Bertz CT molecular complexity index is 2530. The summed E-state index contributed by atoms with van der Waals surface area (Å²) in [6.07, 6.45) is 3.67. The molecule has 2 aromatic heterocycles. The van der Waals surface area contributed by atoms with E-state index in [-0.39, 0.29) is 17.9 Å². The highest BCUT2D eigenvalue weighted by Gasteiger charge is 2.37. The van der Waals surface area contributed by atoms with E-state index in [4.69, 9.17) is 9.47 Å². The number of methoxy groups -OCH3 is 2. The molecule has 61 heavy (non-hydrogen) atoms. The number of carbonyl (C=O) groups is 4. The van der Waals surface area contributed by atoms with Gasteiger partial charge in [-0.2, -0.15) is 0 Å². The number of nitrogens with one attached hydrogen (secondary N) is 4. The predicted octanol–water partition coefficient (Wildman–Crippen LogP) is 7.24. The number of imidazole rings is 2. The molecule has 4 unspecified atom stereocenters. The number of nitrogens with zero attached hydrogens (tertiary/aromatic N) is 4. The zero-order valence-electron chi connectivity index (χ0n) is 34.2. The second kappa shape index (κ2) is 18.9. The van der Waals surface area contributed by atoms with Gasteiger partial charge in [0.1, 0.15) is 23.7 Å². The summed E-state index contributed by atoms with van der Waals surface area (Å²) < 4.78 is 9.59. The lowest BCUT2D eigenvalue weighted by molar-refractivity contribution is -0.135. The Morgan fingerprint density at radius 3 is 1.79 bits per heavy atom. The Morgan fingerprint density at radius 2 is 1.23 bits per heavy atom. The highest BCUT2D eigenvalue weighted by atomic mass is 16.5. The van der Waals surface area contributed by atoms with Crippen molar-refractivity contribution in [3.05, 3.63) is 155 Å². The molecular weight excluding hydrogens is 773 g/mol. The first kappa shape index (κ1) is 41.5. The van der Waals surface area contributed by atoms with E-state index in [9.17, 15) is 19.2 Å². The summed E-state index contributed by atoms with van der Waals surface area (Å²) in [6.45, 7) is 2.41. The van der Waals surface area contributed by atoms with Crippen LogP contribution in [0.4, 0.5) is 9.59 Å². The number of likely N-dealkylation sites (tertiary alicyclic amines) is 1. The van der Waals surface area contributed by atoms with Gasteiger partial charge in [-0.3, -0.25) is 9.59 Å². The number of likely N-dealkylation sites (N-methyl/N-ethyl adjacent to an activating group) is 1. The molecule has 0 aliphatic carbocycles. The van der Waals surface area contributed by atoms with Crippen LogP contribution in [0.3, 0.4) is 0 Å². The number of hydrogen-bond donors (Lipinski definition) is 4. The maximum Gasteiger partial charge on any atom is 0.407 e. The number of ether oxygens (including phenoxy) is 2. The largest absolute Gasteiger partial charge is 0.453 e. The number of benzene rings is 4. The van der Waals surface area contributed by atoms with E-state index in [0.29, 0.717) is 29.3 Å². The molecule has 0 saturated carbocycles. The summed E-state index contributed by atoms with van der Waals surface area (Å²) >= 11 is 0. The van der Waals surface area contributed by atoms with Crippen molar-refractivity contribution in [2.45, 2.75) is 43.9 Å². The Kier molecular flexibility index (Phi) is 12.9. The highest BCUT2D eigenvalue weighted by Crippen LogP contribution is 2.34. The van der Waals surface area contributed by atoms with Crippen LogP contribution < -0.4 is 10.6 Å². The molecule has 310 valence electrons. The van der Waals surface area contributed by atoms with E-state index in [0.717, 1.165) is 46.5 Å². The van der Waals surface area contributed by atoms with Crippen molar-refractivity contribution in [1.29, 1.82) is 0 Å². The van der Waals surface area contributed by atoms with Gasteiger partial charge in [0.25, 0.3) is 5.91 Å². The fourth-order valence-corrected chi connectivity index (χ4v) is 7.24.